The van der Waals surface area contributed by atoms with E-state index in [0.29, 0.717) is 28.9 Å². The lowest BCUT2D eigenvalue weighted by molar-refractivity contribution is -0.133. The van der Waals surface area contributed by atoms with Crippen molar-refractivity contribution in [3.05, 3.63) is 47.3 Å². The molecule has 0 N–H and O–H groups in total. The first-order valence-electron chi connectivity index (χ1n) is 11.0. The SMILES string of the molecule is C=CCn1c(=O)c2ccccc2n2c(SC(C)C(=O)N(CC)C3CCCCC3)nnc12. The summed E-state index contributed by atoms with van der Waals surface area (Å²) in [6, 6.07) is 7.77. The maximum Gasteiger partial charge on any atom is 0.263 e. The Labute approximate surface area is 186 Å². The van der Waals surface area contributed by atoms with Crippen molar-refractivity contribution in [2.75, 3.05) is 6.54 Å². The summed E-state index contributed by atoms with van der Waals surface area (Å²) in [7, 11) is 0. The fraction of sp³-hybridized carbons (Fsp3) is 0.478. The van der Waals surface area contributed by atoms with E-state index in [1.807, 2.05) is 40.5 Å². The highest BCUT2D eigenvalue weighted by atomic mass is 32.2. The van der Waals surface area contributed by atoms with Crippen molar-refractivity contribution in [2.45, 2.75) is 68.9 Å². The second-order valence-electron chi connectivity index (χ2n) is 8.02. The van der Waals surface area contributed by atoms with Crippen molar-refractivity contribution in [3.63, 3.8) is 0 Å². The molecular formula is C23H29N5O2S. The zero-order chi connectivity index (χ0) is 22.0. The first kappa shape index (κ1) is 21.6. The molecule has 4 rings (SSSR count). The molecule has 2 heterocycles. The summed E-state index contributed by atoms with van der Waals surface area (Å²) in [5, 5.41) is 9.57. The van der Waals surface area contributed by atoms with Crippen LogP contribution in [0.3, 0.4) is 0 Å². The molecule has 31 heavy (non-hydrogen) atoms. The van der Waals surface area contributed by atoms with Crippen molar-refractivity contribution in [1.82, 2.24) is 24.1 Å². The summed E-state index contributed by atoms with van der Waals surface area (Å²) in [4.78, 5) is 28.3. The van der Waals surface area contributed by atoms with E-state index in [4.69, 9.17) is 0 Å². The molecule has 1 fully saturated rings. The smallest absolute Gasteiger partial charge is 0.263 e. The van der Waals surface area contributed by atoms with Crippen LogP contribution in [-0.2, 0) is 11.3 Å². The van der Waals surface area contributed by atoms with Crippen molar-refractivity contribution in [3.8, 4) is 0 Å². The van der Waals surface area contributed by atoms with Gasteiger partial charge in [0.05, 0.1) is 16.2 Å². The number of nitrogens with zero attached hydrogens (tertiary/aromatic N) is 5. The van der Waals surface area contributed by atoms with E-state index < -0.39 is 0 Å². The summed E-state index contributed by atoms with van der Waals surface area (Å²) in [5.41, 5.74) is 0.625. The highest BCUT2D eigenvalue weighted by molar-refractivity contribution is 8.00. The molecule has 1 aliphatic rings. The summed E-state index contributed by atoms with van der Waals surface area (Å²) < 4.78 is 3.45. The monoisotopic (exact) mass is 439 g/mol. The quantitative estimate of drug-likeness (QED) is 0.412. The molecule has 1 atom stereocenters. The maximum atomic E-state index is 13.3. The highest BCUT2D eigenvalue weighted by Gasteiger charge is 2.29. The molecule has 0 bridgehead atoms. The number of para-hydroxylation sites is 1. The Kier molecular flexibility index (Phi) is 6.46. The molecule has 3 aromatic rings. The number of amides is 1. The van der Waals surface area contributed by atoms with E-state index >= 15 is 0 Å². The van der Waals surface area contributed by atoms with Crippen molar-refractivity contribution < 1.29 is 4.79 Å². The molecule has 0 radical (unpaired) electrons. The minimum atomic E-state index is -0.298. The molecule has 0 saturated heterocycles. The third kappa shape index (κ3) is 4.01. The van der Waals surface area contributed by atoms with Crippen molar-refractivity contribution in [2.24, 2.45) is 0 Å². The van der Waals surface area contributed by atoms with Gasteiger partial charge in [-0.2, -0.15) is 0 Å². The number of benzene rings is 1. The number of carbonyl (C=O) groups is 1. The fourth-order valence-corrected chi connectivity index (χ4v) is 5.46. The van der Waals surface area contributed by atoms with E-state index in [1.165, 1.54) is 31.0 Å². The van der Waals surface area contributed by atoms with Gasteiger partial charge in [-0.3, -0.25) is 18.6 Å². The Morgan fingerprint density at radius 1 is 1.29 bits per heavy atom. The number of fused-ring (bicyclic) bond motifs is 3. The molecule has 1 aromatic carbocycles. The van der Waals surface area contributed by atoms with Crippen LogP contribution in [0.2, 0.25) is 0 Å². The van der Waals surface area contributed by atoms with Gasteiger partial charge in [-0.15, -0.1) is 16.8 Å². The predicted octanol–water partition coefficient (Wildman–Crippen LogP) is 3.89. The Hall–Kier alpha value is -2.61. The van der Waals surface area contributed by atoms with Crippen molar-refractivity contribution >= 4 is 34.3 Å². The molecule has 1 unspecified atom stereocenters. The fourth-order valence-electron chi connectivity index (χ4n) is 4.53. The molecule has 0 spiro atoms. The molecule has 8 heteroatoms. The second-order valence-corrected chi connectivity index (χ2v) is 9.32. The topological polar surface area (TPSA) is 72.5 Å². The minimum Gasteiger partial charge on any atom is -0.339 e. The molecule has 1 saturated carbocycles. The first-order chi connectivity index (χ1) is 15.1. The van der Waals surface area contributed by atoms with Crippen LogP contribution in [0.1, 0.15) is 46.0 Å². The lowest BCUT2D eigenvalue weighted by Crippen LogP contribution is -2.44. The zero-order valence-corrected chi connectivity index (χ0v) is 19.0. The first-order valence-corrected chi connectivity index (χ1v) is 11.9. The molecule has 1 amide bonds. The number of rotatable bonds is 7. The van der Waals surface area contributed by atoms with Gasteiger partial charge in [0.2, 0.25) is 11.7 Å². The van der Waals surface area contributed by atoms with E-state index in [2.05, 4.69) is 23.7 Å². The maximum absolute atomic E-state index is 13.3. The summed E-state index contributed by atoms with van der Waals surface area (Å²) >= 11 is 1.40. The van der Waals surface area contributed by atoms with Crippen LogP contribution in [0.15, 0.2) is 46.9 Å². The van der Waals surface area contributed by atoms with Gasteiger partial charge in [-0.05, 0) is 38.8 Å². The van der Waals surface area contributed by atoms with Crippen LogP contribution in [0, 0.1) is 0 Å². The zero-order valence-electron chi connectivity index (χ0n) is 18.2. The number of hydrogen-bond acceptors (Lipinski definition) is 5. The summed E-state index contributed by atoms with van der Waals surface area (Å²) in [6.07, 6.45) is 7.49. The van der Waals surface area contributed by atoms with Crippen LogP contribution >= 0.6 is 11.8 Å². The van der Waals surface area contributed by atoms with Crippen LogP contribution in [-0.4, -0.2) is 47.8 Å². The van der Waals surface area contributed by atoms with Gasteiger partial charge in [0.15, 0.2) is 5.16 Å². The van der Waals surface area contributed by atoms with E-state index in [0.717, 1.165) is 24.9 Å². The third-order valence-corrected chi connectivity index (χ3v) is 7.09. The van der Waals surface area contributed by atoms with Gasteiger partial charge in [0.25, 0.3) is 5.56 Å². The highest BCUT2D eigenvalue weighted by Crippen LogP contribution is 2.29. The predicted molar refractivity (Wildman–Crippen MR) is 125 cm³/mol. The number of carbonyl (C=O) groups excluding carboxylic acids is 1. The number of thioether (sulfide) groups is 1. The largest absolute Gasteiger partial charge is 0.339 e. The van der Waals surface area contributed by atoms with Crippen molar-refractivity contribution in [1.29, 1.82) is 0 Å². The van der Waals surface area contributed by atoms with Gasteiger partial charge in [0.1, 0.15) is 0 Å². The Morgan fingerprint density at radius 2 is 2.03 bits per heavy atom. The van der Waals surface area contributed by atoms with E-state index in [1.54, 1.807) is 10.6 Å². The Morgan fingerprint density at radius 3 is 2.74 bits per heavy atom. The second kappa shape index (κ2) is 9.26. The average Bonchev–Trinajstić information content (AvgIpc) is 3.21. The van der Waals surface area contributed by atoms with Gasteiger partial charge < -0.3 is 4.90 Å². The third-order valence-electron chi connectivity index (χ3n) is 6.06. The lowest BCUT2D eigenvalue weighted by atomic mass is 9.94. The molecule has 1 aliphatic carbocycles. The van der Waals surface area contributed by atoms with Gasteiger partial charge in [-0.25, -0.2) is 0 Å². The minimum absolute atomic E-state index is 0.120. The molecule has 7 nitrogen and oxygen atoms in total. The molecule has 164 valence electrons. The summed E-state index contributed by atoms with van der Waals surface area (Å²) in [5.74, 6) is 0.602. The molecule has 2 aromatic heterocycles. The lowest BCUT2D eigenvalue weighted by Gasteiger charge is -2.35. The summed E-state index contributed by atoms with van der Waals surface area (Å²) in [6.45, 7) is 8.81. The normalized spacial score (nSPS) is 15.9. The Balaban J connectivity index is 1.71. The number of hydrogen-bond donors (Lipinski definition) is 0. The van der Waals surface area contributed by atoms with Gasteiger partial charge in [0, 0.05) is 19.1 Å². The van der Waals surface area contributed by atoms with Gasteiger partial charge in [-0.1, -0.05) is 49.2 Å². The number of aromatic nitrogens is 4. The van der Waals surface area contributed by atoms with Crippen LogP contribution in [0.25, 0.3) is 16.7 Å². The Bertz CT molecular complexity index is 1160. The van der Waals surface area contributed by atoms with E-state index in [-0.39, 0.29) is 16.7 Å². The van der Waals surface area contributed by atoms with Gasteiger partial charge >= 0.3 is 0 Å². The van der Waals surface area contributed by atoms with Crippen LogP contribution in [0.5, 0.6) is 0 Å². The van der Waals surface area contributed by atoms with Crippen LogP contribution < -0.4 is 5.56 Å². The molecular weight excluding hydrogens is 410 g/mol. The average molecular weight is 440 g/mol. The van der Waals surface area contributed by atoms with E-state index in [9.17, 15) is 9.59 Å². The van der Waals surface area contributed by atoms with Crippen LogP contribution in [0.4, 0.5) is 0 Å². The standard InChI is InChI=1S/C23H29N5O2S/c1-4-15-27-21(30)18-13-9-10-14-19(18)28-22(27)24-25-23(28)31-16(3)20(29)26(5-2)17-11-7-6-8-12-17/h4,9-10,13-14,16-17H,1,5-8,11-12,15H2,2-3H3. The number of allylic oxidation sites excluding steroid dienone is 1. The molecule has 0 aliphatic heterocycles.